The van der Waals surface area contributed by atoms with E-state index >= 15 is 0 Å². The van der Waals surface area contributed by atoms with Crippen LogP contribution in [0.4, 0.5) is 23.7 Å². The zero-order valence-corrected chi connectivity index (χ0v) is 20.4. The number of urea groups is 1. The highest BCUT2D eigenvalue weighted by molar-refractivity contribution is 6.31. The van der Waals surface area contributed by atoms with Gasteiger partial charge in [0.05, 0.1) is 42.2 Å². The van der Waals surface area contributed by atoms with Crippen LogP contribution in [0.1, 0.15) is 35.3 Å². The topological polar surface area (TPSA) is 88.9 Å². The van der Waals surface area contributed by atoms with Crippen molar-refractivity contribution in [2.24, 2.45) is 0 Å². The van der Waals surface area contributed by atoms with Crippen molar-refractivity contribution in [3.8, 4) is 0 Å². The molecule has 1 N–H and O–H groups in total. The summed E-state index contributed by atoms with van der Waals surface area (Å²) in [6, 6.07) is 3.45. The Bertz CT molecular complexity index is 1110. The first-order valence-electron chi connectivity index (χ1n) is 11.5. The summed E-state index contributed by atoms with van der Waals surface area (Å²) in [5, 5.41) is 6.89. The fraction of sp³-hybridized carbons (Fsp3) is 0.522. The van der Waals surface area contributed by atoms with E-state index in [0.717, 1.165) is 6.07 Å². The number of amides is 3. The number of benzene rings is 1. The lowest BCUT2D eigenvalue weighted by atomic mass is 9.84. The molecule has 196 valence electrons. The lowest BCUT2D eigenvalue weighted by Gasteiger charge is -2.44. The molecule has 0 bridgehead atoms. The number of anilines is 1. The second-order valence-corrected chi connectivity index (χ2v) is 9.20. The van der Waals surface area contributed by atoms with Gasteiger partial charge in [-0.05, 0) is 37.5 Å². The summed E-state index contributed by atoms with van der Waals surface area (Å²) in [4.78, 5) is 29.5. The van der Waals surface area contributed by atoms with Gasteiger partial charge in [0.1, 0.15) is 5.82 Å². The number of carbonyl (C=O) groups excluding carboxylic acids is 2. The van der Waals surface area contributed by atoms with Gasteiger partial charge >= 0.3 is 12.6 Å². The van der Waals surface area contributed by atoms with Gasteiger partial charge < -0.3 is 24.6 Å². The lowest BCUT2D eigenvalue weighted by Crippen LogP contribution is -2.53. The molecule has 0 radical (unpaired) electrons. The average Bonchev–Trinajstić information content (AvgIpc) is 3.29. The number of carbonyl (C=O) groups is 2. The summed E-state index contributed by atoms with van der Waals surface area (Å²) in [5.41, 5.74) is 0.540. The highest BCUT2D eigenvalue weighted by atomic mass is 35.5. The van der Waals surface area contributed by atoms with Gasteiger partial charge in [0.25, 0.3) is 5.91 Å². The maximum Gasteiger partial charge on any atom is 0.345 e. The predicted molar refractivity (Wildman–Crippen MR) is 125 cm³/mol. The number of rotatable bonds is 7. The number of fused-ring (bicyclic) bond motifs is 1. The van der Waals surface area contributed by atoms with Crippen LogP contribution in [0.15, 0.2) is 24.4 Å². The van der Waals surface area contributed by atoms with Crippen molar-refractivity contribution in [3.63, 3.8) is 0 Å². The van der Waals surface area contributed by atoms with Crippen LogP contribution in [-0.4, -0.2) is 77.1 Å². The highest BCUT2D eigenvalue weighted by Gasteiger charge is 2.40. The molecular weight excluding hydrogens is 503 g/mol. The number of ether oxygens (including phenoxy) is 2. The van der Waals surface area contributed by atoms with E-state index in [1.54, 1.807) is 16.6 Å². The molecule has 1 fully saturated rings. The zero-order valence-electron chi connectivity index (χ0n) is 19.7. The van der Waals surface area contributed by atoms with Crippen LogP contribution >= 0.6 is 11.6 Å². The quantitative estimate of drug-likeness (QED) is 0.586. The zero-order chi connectivity index (χ0) is 25.9. The summed E-state index contributed by atoms with van der Waals surface area (Å²) < 4.78 is 50.1. The molecule has 0 spiro atoms. The molecule has 0 unspecified atom stereocenters. The number of halogens is 4. The molecular formula is C23H27ClF3N5O4. The molecule has 1 aromatic carbocycles. The molecule has 4 rings (SSSR count). The minimum absolute atomic E-state index is 0.110. The molecule has 3 amide bonds. The third kappa shape index (κ3) is 5.60. The summed E-state index contributed by atoms with van der Waals surface area (Å²) >= 11 is 5.80. The Balaban J connectivity index is 1.48. The molecule has 1 saturated heterocycles. The van der Waals surface area contributed by atoms with Crippen molar-refractivity contribution >= 4 is 29.2 Å². The van der Waals surface area contributed by atoms with Crippen molar-refractivity contribution in [1.29, 1.82) is 0 Å². The van der Waals surface area contributed by atoms with E-state index < -0.39 is 24.0 Å². The van der Waals surface area contributed by atoms with E-state index in [-0.39, 0.29) is 30.5 Å². The third-order valence-corrected chi connectivity index (χ3v) is 7.10. The molecule has 2 aliphatic rings. The molecule has 2 aromatic rings. The minimum atomic E-state index is -2.88. The Kier molecular flexibility index (Phi) is 8.06. The fourth-order valence-electron chi connectivity index (χ4n) is 4.61. The van der Waals surface area contributed by atoms with Crippen molar-refractivity contribution in [2.45, 2.75) is 44.5 Å². The molecule has 0 aliphatic carbocycles. The van der Waals surface area contributed by atoms with E-state index in [9.17, 15) is 22.8 Å². The van der Waals surface area contributed by atoms with Gasteiger partial charge in [0.15, 0.2) is 0 Å². The second-order valence-electron chi connectivity index (χ2n) is 8.79. The van der Waals surface area contributed by atoms with Crippen LogP contribution in [0, 0.1) is 5.82 Å². The van der Waals surface area contributed by atoms with Gasteiger partial charge in [-0.15, -0.1) is 0 Å². The van der Waals surface area contributed by atoms with Gasteiger partial charge in [-0.3, -0.25) is 9.48 Å². The Morgan fingerprint density at radius 1 is 1.31 bits per heavy atom. The van der Waals surface area contributed by atoms with E-state index in [4.69, 9.17) is 16.3 Å². The molecule has 0 atom stereocenters. The lowest BCUT2D eigenvalue weighted by molar-refractivity contribution is -0.138. The minimum Gasteiger partial charge on any atom is -0.381 e. The maximum atomic E-state index is 13.6. The largest absolute Gasteiger partial charge is 0.381 e. The van der Waals surface area contributed by atoms with E-state index in [1.807, 2.05) is 0 Å². The highest BCUT2D eigenvalue weighted by Crippen LogP contribution is 2.33. The summed E-state index contributed by atoms with van der Waals surface area (Å²) in [5.74, 6) is -0.908. The van der Waals surface area contributed by atoms with E-state index in [0.29, 0.717) is 56.1 Å². The van der Waals surface area contributed by atoms with Crippen LogP contribution < -0.4 is 5.32 Å². The third-order valence-electron chi connectivity index (χ3n) is 6.81. The predicted octanol–water partition coefficient (Wildman–Crippen LogP) is 3.97. The molecule has 3 heterocycles. The first-order chi connectivity index (χ1) is 17.2. The Hall–Kier alpha value is -2.83. The van der Waals surface area contributed by atoms with Crippen molar-refractivity contribution in [1.82, 2.24) is 19.6 Å². The number of aromatic nitrogens is 2. The molecule has 13 heteroatoms. The van der Waals surface area contributed by atoms with Crippen LogP contribution in [0.25, 0.3) is 0 Å². The fourth-order valence-corrected chi connectivity index (χ4v) is 4.79. The van der Waals surface area contributed by atoms with Crippen molar-refractivity contribution < 1.29 is 32.2 Å². The monoisotopic (exact) mass is 529 g/mol. The first kappa shape index (κ1) is 26.2. The van der Waals surface area contributed by atoms with Crippen LogP contribution in [0.5, 0.6) is 0 Å². The molecule has 9 nitrogen and oxygen atoms in total. The number of hydrogen-bond donors (Lipinski definition) is 1. The van der Waals surface area contributed by atoms with Gasteiger partial charge in [-0.25, -0.2) is 9.18 Å². The van der Waals surface area contributed by atoms with Gasteiger partial charge in [0, 0.05) is 38.0 Å². The number of alkyl halides is 2. The summed E-state index contributed by atoms with van der Waals surface area (Å²) in [6.45, 7) is -1.41. The molecule has 2 aliphatic heterocycles. The van der Waals surface area contributed by atoms with Crippen molar-refractivity contribution in [3.05, 3.63) is 46.5 Å². The number of nitrogens with one attached hydrogen (secondary N) is 1. The number of hydrogen-bond acceptors (Lipinski definition) is 5. The Morgan fingerprint density at radius 3 is 2.75 bits per heavy atom. The standard InChI is InChI=1S/C23H27ClF3N5O4/c1-30(23(4-9-35-10-5-23)6-11-36-21(26)27)20(33)16-13-28-32-8-7-31(14-19(16)32)22(34)29-15-2-3-18(25)17(24)12-15/h2-3,12-13,21H,4-11,14H2,1H3,(H,29,34). The normalized spacial score (nSPS) is 17.1. The van der Waals surface area contributed by atoms with Gasteiger partial charge in [0.2, 0.25) is 0 Å². The molecule has 0 saturated carbocycles. The average molecular weight is 530 g/mol. The Morgan fingerprint density at radius 2 is 2.06 bits per heavy atom. The molecule has 1 aromatic heterocycles. The summed E-state index contributed by atoms with van der Waals surface area (Å²) in [6.07, 6.45) is 2.68. The van der Waals surface area contributed by atoms with Crippen LogP contribution in [-0.2, 0) is 22.6 Å². The summed E-state index contributed by atoms with van der Waals surface area (Å²) in [7, 11) is 1.64. The van der Waals surface area contributed by atoms with Crippen LogP contribution in [0.3, 0.4) is 0 Å². The van der Waals surface area contributed by atoms with E-state index in [2.05, 4.69) is 15.2 Å². The van der Waals surface area contributed by atoms with Gasteiger partial charge in [-0.2, -0.15) is 13.9 Å². The number of nitrogens with zero attached hydrogens (tertiary/aromatic N) is 4. The second kappa shape index (κ2) is 11.1. The van der Waals surface area contributed by atoms with E-state index in [1.165, 1.54) is 23.2 Å². The Labute approximate surface area is 211 Å². The van der Waals surface area contributed by atoms with Gasteiger partial charge in [-0.1, -0.05) is 11.6 Å². The smallest absolute Gasteiger partial charge is 0.345 e. The first-order valence-corrected chi connectivity index (χ1v) is 11.9. The van der Waals surface area contributed by atoms with Crippen molar-refractivity contribution in [2.75, 3.05) is 38.7 Å². The maximum absolute atomic E-state index is 13.6. The SMILES string of the molecule is CN(C(=O)c1cnn2c1CN(C(=O)Nc1ccc(F)c(Cl)c1)CC2)C1(CCOC(F)F)CCOCC1. The van der Waals surface area contributed by atoms with Crippen LogP contribution in [0.2, 0.25) is 5.02 Å². The molecule has 36 heavy (non-hydrogen) atoms.